The first-order valence-electron chi connectivity index (χ1n) is 5.53. The van der Waals surface area contributed by atoms with Gasteiger partial charge in [0.1, 0.15) is 0 Å². The van der Waals surface area contributed by atoms with Crippen LogP contribution in [-0.4, -0.2) is 35.7 Å². The molecule has 0 amide bonds. The average molecular weight is 181 g/mol. The second kappa shape index (κ2) is 2.29. The number of aliphatic hydroxyl groups is 1. The highest BCUT2D eigenvalue weighted by Crippen LogP contribution is 2.54. The first kappa shape index (κ1) is 8.25. The summed E-state index contributed by atoms with van der Waals surface area (Å²) in [4.78, 5) is 2.49. The molecule has 74 valence electrons. The topological polar surface area (TPSA) is 23.5 Å². The zero-order valence-corrected chi connectivity index (χ0v) is 8.42. The fraction of sp³-hybridized carbons (Fsp3) is 1.00. The Kier molecular flexibility index (Phi) is 1.45. The minimum Gasteiger partial charge on any atom is -0.391 e. The van der Waals surface area contributed by atoms with Gasteiger partial charge < -0.3 is 5.11 Å². The van der Waals surface area contributed by atoms with E-state index in [0.29, 0.717) is 10.8 Å². The molecule has 1 heterocycles. The Bertz CT molecular complexity index is 228. The van der Waals surface area contributed by atoms with Gasteiger partial charge in [0.05, 0.1) is 6.10 Å². The van der Waals surface area contributed by atoms with Crippen molar-refractivity contribution < 1.29 is 5.11 Å². The predicted octanol–water partition coefficient (Wildman–Crippen LogP) is 1.24. The average Bonchev–Trinajstić information content (AvgIpc) is 2.89. The highest BCUT2D eigenvalue weighted by molar-refractivity contribution is 5.07. The molecule has 0 aromatic heterocycles. The second-order valence-corrected chi connectivity index (χ2v) is 5.86. The van der Waals surface area contributed by atoms with Crippen molar-refractivity contribution in [2.75, 3.05) is 19.6 Å². The molecule has 2 heteroatoms. The highest BCUT2D eigenvalue weighted by atomic mass is 16.3. The zero-order valence-electron chi connectivity index (χ0n) is 8.42. The normalized spacial score (nSPS) is 39.7. The van der Waals surface area contributed by atoms with Crippen LogP contribution in [0, 0.1) is 10.8 Å². The molecule has 1 N–H and O–H groups in total. The van der Waals surface area contributed by atoms with Crippen LogP contribution in [0.4, 0.5) is 0 Å². The van der Waals surface area contributed by atoms with Crippen molar-refractivity contribution in [2.24, 2.45) is 10.8 Å². The molecule has 2 saturated carbocycles. The van der Waals surface area contributed by atoms with Gasteiger partial charge in [0, 0.05) is 25.0 Å². The van der Waals surface area contributed by atoms with Crippen molar-refractivity contribution >= 4 is 0 Å². The highest BCUT2D eigenvalue weighted by Gasteiger charge is 2.55. The molecule has 3 fully saturated rings. The van der Waals surface area contributed by atoms with Crippen LogP contribution in [0.25, 0.3) is 0 Å². The Labute approximate surface area is 79.9 Å². The molecule has 3 rings (SSSR count). The Balaban J connectivity index is 1.62. The standard InChI is InChI=1S/C11H19NO/c1-10(2-3-10)7-12-6-9(13)11(8-12)4-5-11/h9,13H,2-8H2,1H3. The van der Waals surface area contributed by atoms with Crippen LogP contribution in [0.5, 0.6) is 0 Å². The lowest BCUT2D eigenvalue weighted by molar-refractivity contribution is 0.130. The van der Waals surface area contributed by atoms with E-state index in [0.717, 1.165) is 6.54 Å². The van der Waals surface area contributed by atoms with Crippen LogP contribution in [0.2, 0.25) is 0 Å². The van der Waals surface area contributed by atoms with Crippen molar-refractivity contribution in [3.63, 3.8) is 0 Å². The number of aliphatic hydroxyl groups excluding tert-OH is 1. The molecule has 0 aromatic carbocycles. The SMILES string of the molecule is CC1(CN2CC(O)C3(CC3)C2)CC1. The largest absolute Gasteiger partial charge is 0.391 e. The van der Waals surface area contributed by atoms with Gasteiger partial charge in [-0.15, -0.1) is 0 Å². The summed E-state index contributed by atoms with van der Waals surface area (Å²) in [7, 11) is 0. The molecule has 1 spiro atoms. The smallest absolute Gasteiger partial charge is 0.0735 e. The van der Waals surface area contributed by atoms with Crippen LogP contribution in [-0.2, 0) is 0 Å². The second-order valence-electron chi connectivity index (χ2n) is 5.86. The van der Waals surface area contributed by atoms with E-state index in [1.807, 2.05) is 0 Å². The van der Waals surface area contributed by atoms with Gasteiger partial charge in [-0.05, 0) is 31.1 Å². The third-order valence-corrected chi connectivity index (χ3v) is 4.28. The van der Waals surface area contributed by atoms with E-state index in [2.05, 4.69) is 11.8 Å². The molecule has 1 aliphatic heterocycles. The number of β-amino-alcohol motifs (C(OH)–C–C–N with tert-alkyl or cyclic N) is 1. The molecule has 2 aliphatic carbocycles. The predicted molar refractivity (Wildman–Crippen MR) is 51.5 cm³/mol. The lowest BCUT2D eigenvalue weighted by Crippen LogP contribution is -2.28. The van der Waals surface area contributed by atoms with Gasteiger partial charge in [-0.3, -0.25) is 4.90 Å². The molecular formula is C11H19NO. The summed E-state index contributed by atoms with van der Waals surface area (Å²) in [5.74, 6) is 0. The first-order valence-corrected chi connectivity index (χ1v) is 5.53. The molecule has 1 atom stereocenters. The van der Waals surface area contributed by atoms with Crippen LogP contribution in [0.1, 0.15) is 32.6 Å². The van der Waals surface area contributed by atoms with Gasteiger partial charge in [0.25, 0.3) is 0 Å². The first-order chi connectivity index (χ1) is 6.12. The van der Waals surface area contributed by atoms with Crippen LogP contribution in [0.3, 0.4) is 0 Å². The molecule has 0 radical (unpaired) electrons. The van der Waals surface area contributed by atoms with Crippen molar-refractivity contribution in [3.8, 4) is 0 Å². The van der Waals surface area contributed by atoms with Crippen molar-refractivity contribution in [2.45, 2.75) is 38.7 Å². The fourth-order valence-corrected chi connectivity index (χ4v) is 2.74. The van der Waals surface area contributed by atoms with E-state index >= 15 is 0 Å². The van der Waals surface area contributed by atoms with E-state index in [4.69, 9.17) is 0 Å². The summed E-state index contributed by atoms with van der Waals surface area (Å²) in [6, 6.07) is 0. The minimum atomic E-state index is -0.0187. The quantitative estimate of drug-likeness (QED) is 0.693. The van der Waals surface area contributed by atoms with E-state index < -0.39 is 0 Å². The monoisotopic (exact) mass is 181 g/mol. The van der Waals surface area contributed by atoms with Gasteiger partial charge in [0.15, 0.2) is 0 Å². The summed E-state index contributed by atoms with van der Waals surface area (Å²) >= 11 is 0. The Morgan fingerprint density at radius 2 is 2.00 bits per heavy atom. The third-order valence-electron chi connectivity index (χ3n) is 4.28. The van der Waals surface area contributed by atoms with Gasteiger partial charge in [0.2, 0.25) is 0 Å². The van der Waals surface area contributed by atoms with E-state index in [1.54, 1.807) is 0 Å². The van der Waals surface area contributed by atoms with Crippen molar-refractivity contribution in [1.29, 1.82) is 0 Å². The summed E-state index contributed by atoms with van der Waals surface area (Å²) in [6.07, 6.45) is 5.30. The number of likely N-dealkylation sites (tertiary alicyclic amines) is 1. The Morgan fingerprint density at radius 1 is 1.31 bits per heavy atom. The molecule has 2 nitrogen and oxygen atoms in total. The molecule has 3 aliphatic rings. The van der Waals surface area contributed by atoms with Gasteiger partial charge in [-0.2, -0.15) is 0 Å². The van der Waals surface area contributed by atoms with Crippen LogP contribution >= 0.6 is 0 Å². The van der Waals surface area contributed by atoms with E-state index in [9.17, 15) is 5.11 Å². The summed E-state index contributed by atoms with van der Waals surface area (Å²) in [5.41, 5.74) is 0.964. The lowest BCUT2D eigenvalue weighted by atomic mass is 10.0. The summed E-state index contributed by atoms with van der Waals surface area (Å²) < 4.78 is 0. The van der Waals surface area contributed by atoms with E-state index in [1.165, 1.54) is 38.8 Å². The van der Waals surface area contributed by atoms with Gasteiger partial charge in [-0.25, -0.2) is 0 Å². The Hall–Kier alpha value is -0.0800. The number of nitrogens with zero attached hydrogens (tertiary/aromatic N) is 1. The maximum absolute atomic E-state index is 9.87. The number of hydrogen-bond acceptors (Lipinski definition) is 2. The molecular weight excluding hydrogens is 162 g/mol. The maximum Gasteiger partial charge on any atom is 0.0735 e. The van der Waals surface area contributed by atoms with Crippen molar-refractivity contribution in [1.82, 2.24) is 4.90 Å². The summed E-state index contributed by atoms with van der Waals surface area (Å²) in [5, 5.41) is 9.87. The van der Waals surface area contributed by atoms with Gasteiger partial charge in [-0.1, -0.05) is 6.92 Å². The van der Waals surface area contributed by atoms with Crippen molar-refractivity contribution in [3.05, 3.63) is 0 Å². The Morgan fingerprint density at radius 3 is 2.46 bits per heavy atom. The molecule has 1 unspecified atom stereocenters. The zero-order chi connectivity index (χ0) is 9.10. The third kappa shape index (κ3) is 1.31. The summed E-state index contributed by atoms with van der Waals surface area (Å²) in [6.45, 7) is 5.71. The maximum atomic E-state index is 9.87. The fourth-order valence-electron chi connectivity index (χ4n) is 2.74. The van der Waals surface area contributed by atoms with Gasteiger partial charge >= 0.3 is 0 Å². The molecule has 0 aromatic rings. The van der Waals surface area contributed by atoms with Crippen LogP contribution in [0.15, 0.2) is 0 Å². The molecule has 1 saturated heterocycles. The van der Waals surface area contributed by atoms with E-state index in [-0.39, 0.29) is 6.10 Å². The molecule has 13 heavy (non-hydrogen) atoms. The minimum absolute atomic E-state index is 0.0187. The number of rotatable bonds is 2. The lowest BCUT2D eigenvalue weighted by Gasteiger charge is -2.19. The molecule has 0 bridgehead atoms. The van der Waals surface area contributed by atoms with Crippen LogP contribution < -0.4 is 0 Å². The number of hydrogen-bond donors (Lipinski definition) is 1.